The van der Waals surface area contributed by atoms with Crippen molar-refractivity contribution in [2.24, 2.45) is 0 Å². The predicted octanol–water partition coefficient (Wildman–Crippen LogP) is 2.34. The Bertz CT molecular complexity index is 437. The van der Waals surface area contributed by atoms with Gasteiger partial charge in [0, 0.05) is 4.88 Å². The molecule has 0 aliphatic carbocycles. The number of hydrogen-bond donors (Lipinski definition) is 2. The van der Waals surface area contributed by atoms with Crippen molar-refractivity contribution >= 4 is 17.2 Å². The average Bonchev–Trinajstić information content (AvgIpc) is 2.88. The number of aliphatic hydroxyl groups is 1. The lowest BCUT2D eigenvalue weighted by molar-refractivity contribution is -0.127. The molecule has 118 valence electrons. The fraction of sp³-hybridized carbons (Fsp3) is 0.688. The molecule has 1 aliphatic heterocycles. The number of hydrogen-bond acceptors (Lipinski definition) is 4. The van der Waals surface area contributed by atoms with Gasteiger partial charge in [-0.15, -0.1) is 11.3 Å². The third-order valence-electron chi connectivity index (χ3n) is 4.23. The third-order valence-corrected chi connectivity index (χ3v) is 5.35. The van der Waals surface area contributed by atoms with E-state index in [4.69, 9.17) is 0 Å². The topological polar surface area (TPSA) is 52.6 Å². The SMILES string of the molecule is CC(C(=O)NCC(C)(O)c1cccs1)N1CCCCCC1. The maximum atomic E-state index is 12.3. The second-order valence-corrected chi connectivity index (χ2v) is 7.04. The number of carbonyl (C=O) groups excluding carboxylic acids is 1. The van der Waals surface area contributed by atoms with E-state index in [-0.39, 0.29) is 18.5 Å². The quantitative estimate of drug-likeness (QED) is 0.877. The molecule has 1 aliphatic rings. The molecule has 1 fully saturated rings. The van der Waals surface area contributed by atoms with Gasteiger partial charge in [0.05, 0.1) is 12.6 Å². The Hall–Kier alpha value is -0.910. The van der Waals surface area contributed by atoms with E-state index in [0.29, 0.717) is 0 Å². The van der Waals surface area contributed by atoms with Gasteiger partial charge in [0.2, 0.25) is 5.91 Å². The summed E-state index contributed by atoms with van der Waals surface area (Å²) in [6, 6.07) is 3.69. The number of nitrogens with one attached hydrogen (secondary N) is 1. The van der Waals surface area contributed by atoms with Crippen LogP contribution in [0.2, 0.25) is 0 Å². The number of nitrogens with zero attached hydrogens (tertiary/aromatic N) is 1. The third kappa shape index (κ3) is 4.53. The monoisotopic (exact) mass is 310 g/mol. The highest BCUT2D eigenvalue weighted by molar-refractivity contribution is 7.10. The number of thiophene rings is 1. The van der Waals surface area contributed by atoms with Gasteiger partial charge in [-0.2, -0.15) is 0 Å². The smallest absolute Gasteiger partial charge is 0.237 e. The molecular weight excluding hydrogens is 284 g/mol. The van der Waals surface area contributed by atoms with Crippen LogP contribution in [-0.4, -0.2) is 41.6 Å². The first-order valence-electron chi connectivity index (χ1n) is 7.79. The highest BCUT2D eigenvalue weighted by Crippen LogP contribution is 2.24. The first-order valence-corrected chi connectivity index (χ1v) is 8.67. The molecule has 0 radical (unpaired) electrons. The molecule has 2 rings (SSSR count). The van der Waals surface area contributed by atoms with Crippen molar-refractivity contribution in [2.75, 3.05) is 19.6 Å². The molecule has 0 saturated carbocycles. The van der Waals surface area contributed by atoms with Crippen LogP contribution >= 0.6 is 11.3 Å². The first-order chi connectivity index (χ1) is 10.0. The summed E-state index contributed by atoms with van der Waals surface area (Å²) in [7, 11) is 0. The van der Waals surface area contributed by atoms with Crippen LogP contribution in [0.3, 0.4) is 0 Å². The Morgan fingerprint density at radius 3 is 2.67 bits per heavy atom. The molecule has 2 unspecified atom stereocenters. The van der Waals surface area contributed by atoms with Crippen molar-refractivity contribution in [2.45, 2.75) is 51.2 Å². The molecule has 2 atom stereocenters. The van der Waals surface area contributed by atoms with E-state index in [1.54, 1.807) is 6.92 Å². The van der Waals surface area contributed by atoms with Crippen LogP contribution < -0.4 is 5.32 Å². The normalized spacial score (nSPS) is 21.3. The Morgan fingerprint density at radius 2 is 2.10 bits per heavy atom. The minimum atomic E-state index is -0.998. The fourth-order valence-electron chi connectivity index (χ4n) is 2.73. The average molecular weight is 310 g/mol. The first kappa shape index (κ1) is 16.5. The molecule has 1 aromatic heterocycles. The highest BCUT2D eigenvalue weighted by atomic mass is 32.1. The summed E-state index contributed by atoms with van der Waals surface area (Å²) >= 11 is 1.51. The molecular formula is C16H26N2O2S. The van der Waals surface area contributed by atoms with Crippen LogP contribution in [0.15, 0.2) is 17.5 Å². The Kier molecular flexibility index (Phi) is 5.79. The number of amides is 1. The molecule has 0 bridgehead atoms. The van der Waals surface area contributed by atoms with Gasteiger partial charge in [-0.3, -0.25) is 9.69 Å². The number of likely N-dealkylation sites (tertiary alicyclic amines) is 1. The minimum absolute atomic E-state index is 0.00808. The van der Waals surface area contributed by atoms with Gasteiger partial charge in [0.15, 0.2) is 0 Å². The summed E-state index contributed by atoms with van der Waals surface area (Å²) in [5.41, 5.74) is -0.998. The van der Waals surface area contributed by atoms with Crippen LogP contribution in [0.1, 0.15) is 44.4 Å². The molecule has 1 aromatic rings. The van der Waals surface area contributed by atoms with Gasteiger partial charge in [0.25, 0.3) is 0 Å². The Balaban J connectivity index is 1.86. The molecule has 2 heterocycles. The number of carbonyl (C=O) groups is 1. The summed E-state index contributed by atoms with van der Waals surface area (Å²) < 4.78 is 0. The van der Waals surface area contributed by atoms with Gasteiger partial charge in [-0.25, -0.2) is 0 Å². The van der Waals surface area contributed by atoms with Gasteiger partial charge in [0.1, 0.15) is 5.60 Å². The van der Waals surface area contributed by atoms with E-state index in [2.05, 4.69) is 10.2 Å². The maximum Gasteiger partial charge on any atom is 0.237 e. The van der Waals surface area contributed by atoms with E-state index >= 15 is 0 Å². The van der Waals surface area contributed by atoms with Gasteiger partial charge >= 0.3 is 0 Å². The lowest BCUT2D eigenvalue weighted by Gasteiger charge is -2.28. The summed E-state index contributed by atoms with van der Waals surface area (Å²) in [4.78, 5) is 15.4. The van der Waals surface area contributed by atoms with Crippen LogP contribution in [0.4, 0.5) is 0 Å². The molecule has 2 N–H and O–H groups in total. The molecule has 5 heteroatoms. The van der Waals surface area contributed by atoms with Crippen LogP contribution in [0.25, 0.3) is 0 Å². The Morgan fingerprint density at radius 1 is 1.43 bits per heavy atom. The molecule has 1 saturated heterocycles. The fourth-order valence-corrected chi connectivity index (χ4v) is 3.51. The predicted molar refractivity (Wildman–Crippen MR) is 86.4 cm³/mol. The summed E-state index contributed by atoms with van der Waals surface area (Å²) in [5, 5.41) is 15.3. The van der Waals surface area contributed by atoms with Crippen molar-refractivity contribution in [3.8, 4) is 0 Å². The van der Waals surface area contributed by atoms with E-state index in [1.807, 2.05) is 24.4 Å². The lowest BCUT2D eigenvalue weighted by atomic mass is 10.1. The molecule has 21 heavy (non-hydrogen) atoms. The van der Waals surface area contributed by atoms with Crippen molar-refractivity contribution in [1.29, 1.82) is 0 Å². The Labute approximate surface area is 131 Å². The standard InChI is InChI=1S/C16H26N2O2S/c1-13(18-9-5-3-4-6-10-18)15(19)17-12-16(2,20)14-8-7-11-21-14/h7-8,11,13,20H,3-6,9-10,12H2,1-2H3,(H,17,19). The second-order valence-electron chi connectivity index (χ2n) is 6.10. The molecule has 0 aromatic carbocycles. The molecule has 4 nitrogen and oxygen atoms in total. The van der Waals surface area contributed by atoms with Gasteiger partial charge in [-0.1, -0.05) is 18.9 Å². The summed E-state index contributed by atoms with van der Waals surface area (Å²) in [6.07, 6.45) is 4.87. The zero-order valence-electron chi connectivity index (χ0n) is 13.0. The van der Waals surface area contributed by atoms with Crippen molar-refractivity contribution < 1.29 is 9.90 Å². The van der Waals surface area contributed by atoms with E-state index in [1.165, 1.54) is 37.0 Å². The molecule has 1 amide bonds. The molecule has 0 spiro atoms. The van der Waals surface area contributed by atoms with E-state index in [0.717, 1.165) is 18.0 Å². The highest BCUT2D eigenvalue weighted by Gasteiger charge is 2.27. The van der Waals surface area contributed by atoms with E-state index < -0.39 is 5.60 Å². The zero-order chi connectivity index (χ0) is 15.3. The summed E-state index contributed by atoms with van der Waals surface area (Å²) in [6.45, 7) is 5.95. The van der Waals surface area contributed by atoms with Gasteiger partial charge < -0.3 is 10.4 Å². The summed E-state index contributed by atoms with van der Waals surface area (Å²) in [5.74, 6) is 0.00808. The lowest BCUT2D eigenvalue weighted by Crippen LogP contribution is -2.48. The van der Waals surface area contributed by atoms with Crippen molar-refractivity contribution in [1.82, 2.24) is 10.2 Å². The zero-order valence-corrected chi connectivity index (χ0v) is 13.8. The van der Waals surface area contributed by atoms with Crippen LogP contribution in [-0.2, 0) is 10.4 Å². The minimum Gasteiger partial charge on any atom is -0.383 e. The largest absolute Gasteiger partial charge is 0.383 e. The van der Waals surface area contributed by atoms with Crippen molar-refractivity contribution in [3.63, 3.8) is 0 Å². The maximum absolute atomic E-state index is 12.3. The van der Waals surface area contributed by atoms with Crippen LogP contribution in [0.5, 0.6) is 0 Å². The van der Waals surface area contributed by atoms with E-state index in [9.17, 15) is 9.90 Å². The van der Waals surface area contributed by atoms with Crippen LogP contribution in [0, 0.1) is 0 Å². The van der Waals surface area contributed by atoms with Gasteiger partial charge in [-0.05, 0) is 51.2 Å². The number of rotatable bonds is 5. The second kappa shape index (κ2) is 7.38. The van der Waals surface area contributed by atoms with Crippen molar-refractivity contribution in [3.05, 3.63) is 22.4 Å².